The maximum absolute atomic E-state index is 5.70. The Kier molecular flexibility index (Phi) is 3.77. The summed E-state index contributed by atoms with van der Waals surface area (Å²) in [7, 11) is 1.99. The quantitative estimate of drug-likeness (QED) is 0.682. The van der Waals surface area contributed by atoms with Gasteiger partial charge in [0.2, 0.25) is 0 Å². The van der Waals surface area contributed by atoms with Crippen LogP contribution in [0.5, 0.6) is 0 Å². The van der Waals surface area contributed by atoms with Crippen LogP contribution in [0.4, 0.5) is 0 Å². The van der Waals surface area contributed by atoms with E-state index in [1.54, 1.807) is 0 Å². The second-order valence-corrected chi connectivity index (χ2v) is 3.92. The first-order valence-electron chi connectivity index (χ1n) is 5.52. The highest BCUT2D eigenvalue weighted by molar-refractivity contribution is 5.14. The average Bonchev–Trinajstić information content (AvgIpc) is 2.81. The third-order valence-corrected chi connectivity index (χ3v) is 2.88. The van der Waals surface area contributed by atoms with Crippen molar-refractivity contribution in [1.82, 2.24) is 15.6 Å². The summed E-state index contributed by atoms with van der Waals surface area (Å²) in [6.45, 7) is 2.77. The third-order valence-electron chi connectivity index (χ3n) is 2.88. The van der Waals surface area contributed by atoms with E-state index in [2.05, 4.69) is 21.7 Å². The number of morpholine rings is 1. The fourth-order valence-corrected chi connectivity index (χ4v) is 2.01. The number of rotatable bonds is 4. The van der Waals surface area contributed by atoms with Crippen molar-refractivity contribution in [1.29, 1.82) is 0 Å². The summed E-state index contributed by atoms with van der Waals surface area (Å²) in [5, 5.41) is 6.67. The Morgan fingerprint density at radius 1 is 1.67 bits per heavy atom. The molecule has 0 spiro atoms. The second kappa shape index (κ2) is 5.30. The zero-order chi connectivity index (χ0) is 10.5. The van der Waals surface area contributed by atoms with Crippen LogP contribution in [-0.4, -0.2) is 37.8 Å². The number of H-pyrrole nitrogens is 1. The Balaban J connectivity index is 1.90. The Morgan fingerprint density at radius 3 is 3.20 bits per heavy atom. The molecule has 1 saturated heterocycles. The minimum atomic E-state index is 0.325. The summed E-state index contributed by atoms with van der Waals surface area (Å²) >= 11 is 0. The van der Waals surface area contributed by atoms with Crippen LogP contribution >= 0.6 is 0 Å². The molecule has 1 aromatic heterocycles. The van der Waals surface area contributed by atoms with Gasteiger partial charge in [-0.1, -0.05) is 0 Å². The average molecular weight is 209 g/mol. The zero-order valence-electron chi connectivity index (χ0n) is 9.12. The van der Waals surface area contributed by atoms with Crippen LogP contribution < -0.4 is 10.6 Å². The van der Waals surface area contributed by atoms with E-state index in [9.17, 15) is 0 Å². The van der Waals surface area contributed by atoms with Gasteiger partial charge in [0.1, 0.15) is 0 Å². The molecular formula is C11H19N3O. The highest BCUT2D eigenvalue weighted by Gasteiger charge is 2.19. The summed E-state index contributed by atoms with van der Waals surface area (Å²) in [4.78, 5) is 3.09. The van der Waals surface area contributed by atoms with Gasteiger partial charge in [-0.3, -0.25) is 0 Å². The van der Waals surface area contributed by atoms with Crippen molar-refractivity contribution in [2.45, 2.75) is 18.6 Å². The minimum Gasteiger partial charge on any atom is -0.376 e. The molecule has 0 saturated carbocycles. The highest BCUT2D eigenvalue weighted by Crippen LogP contribution is 2.19. The highest BCUT2D eigenvalue weighted by atomic mass is 16.5. The molecule has 2 atom stereocenters. The Labute approximate surface area is 90.4 Å². The van der Waals surface area contributed by atoms with Gasteiger partial charge in [-0.2, -0.15) is 0 Å². The van der Waals surface area contributed by atoms with Gasteiger partial charge in [-0.05, 0) is 25.1 Å². The maximum Gasteiger partial charge on any atom is 0.0718 e. The Bertz CT molecular complexity index is 267. The maximum atomic E-state index is 5.70. The molecule has 15 heavy (non-hydrogen) atoms. The molecule has 4 heteroatoms. The van der Waals surface area contributed by atoms with Crippen molar-refractivity contribution >= 4 is 0 Å². The molecule has 2 unspecified atom stereocenters. The number of ether oxygens (including phenoxy) is 1. The topological polar surface area (TPSA) is 49.1 Å². The van der Waals surface area contributed by atoms with Crippen molar-refractivity contribution in [2.75, 3.05) is 26.7 Å². The molecule has 0 amide bonds. The first-order valence-corrected chi connectivity index (χ1v) is 5.52. The van der Waals surface area contributed by atoms with Crippen LogP contribution in [0.25, 0.3) is 0 Å². The molecule has 1 aliphatic rings. The predicted octanol–water partition coefficient (Wildman–Crippen LogP) is 0.654. The molecule has 1 fully saturated rings. The number of nitrogens with one attached hydrogen (secondary N) is 3. The summed E-state index contributed by atoms with van der Waals surface area (Å²) in [5.41, 5.74) is 1.30. The van der Waals surface area contributed by atoms with Crippen molar-refractivity contribution in [2.24, 2.45) is 0 Å². The standard InChI is InChI=1S/C11H19N3O/c1-12-11(9-2-3-13-7-9)6-10-8-14-4-5-15-10/h2-3,7,10-14H,4-6,8H2,1H3. The number of hydrogen-bond acceptors (Lipinski definition) is 3. The zero-order valence-corrected chi connectivity index (χ0v) is 9.12. The van der Waals surface area contributed by atoms with Crippen LogP contribution in [-0.2, 0) is 4.74 Å². The SMILES string of the molecule is CNC(CC1CNCCO1)c1cc[nH]c1. The third kappa shape index (κ3) is 2.81. The second-order valence-electron chi connectivity index (χ2n) is 3.92. The predicted molar refractivity (Wildman–Crippen MR) is 59.8 cm³/mol. The lowest BCUT2D eigenvalue weighted by molar-refractivity contribution is 0.0176. The number of hydrogen-bond donors (Lipinski definition) is 3. The molecule has 2 heterocycles. The lowest BCUT2D eigenvalue weighted by atomic mass is 10.0. The Morgan fingerprint density at radius 2 is 2.60 bits per heavy atom. The molecule has 0 aromatic carbocycles. The van der Waals surface area contributed by atoms with E-state index in [1.165, 1.54) is 5.56 Å². The lowest BCUT2D eigenvalue weighted by Crippen LogP contribution is -2.40. The molecule has 1 aliphatic heterocycles. The fourth-order valence-electron chi connectivity index (χ4n) is 2.01. The molecular weight excluding hydrogens is 190 g/mol. The van der Waals surface area contributed by atoms with Crippen molar-refractivity contribution < 1.29 is 4.74 Å². The summed E-state index contributed by atoms with van der Waals surface area (Å²) in [5.74, 6) is 0. The lowest BCUT2D eigenvalue weighted by Gasteiger charge is -2.27. The van der Waals surface area contributed by atoms with Crippen LogP contribution in [0.15, 0.2) is 18.5 Å². The fraction of sp³-hybridized carbons (Fsp3) is 0.636. The van der Waals surface area contributed by atoms with Gasteiger partial charge in [0, 0.05) is 31.5 Å². The van der Waals surface area contributed by atoms with Gasteiger partial charge in [0.15, 0.2) is 0 Å². The number of aromatic nitrogens is 1. The van der Waals surface area contributed by atoms with E-state index in [0.717, 1.165) is 26.1 Å². The molecule has 3 N–H and O–H groups in total. The van der Waals surface area contributed by atoms with Gasteiger partial charge in [0.05, 0.1) is 12.7 Å². The van der Waals surface area contributed by atoms with Gasteiger partial charge < -0.3 is 20.4 Å². The molecule has 2 rings (SSSR count). The monoisotopic (exact) mass is 209 g/mol. The Hall–Kier alpha value is -0.840. The molecule has 84 valence electrons. The van der Waals surface area contributed by atoms with E-state index in [-0.39, 0.29) is 0 Å². The first-order chi connectivity index (χ1) is 7.40. The first kappa shape index (κ1) is 10.7. The largest absolute Gasteiger partial charge is 0.376 e. The minimum absolute atomic E-state index is 0.325. The molecule has 0 bridgehead atoms. The summed E-state index contributed by atoms with van der Waals surface area (Å²) < 4.78 is 5.70. The van der Waals surface area contributed by atoms with Crippen molar-refractivity contribution in [3.05, 3.63) is 24.0 Å². The van der Waals surface area contributed by atoms with E-state index in [1.807, 2.05) is 19.4 Å². The normalized spacial score (nSPS) is 23.9. The number of aromatic amines is 1. The van der Waals surface area contributed by atoms with Gasteiger partial charge in [-0.15, -0.1) is 0 Å². The molecule has 0 radical (unpaired) electrons. The summed E-state index contributed by atoms with van der Waals surface area (Å²) in [6, 6.07) is 2.48. The van der Waals surface area contributed by atoms with Crippen LogP contribution in [0.3, 0.4) is 0 Å². The van der Waals surface area contributed by atoms with E-state index in [0.29, 0.717) is 12.1 Å². The van der Waals surface area contributed by atoms with Gasteiger partial charge in [-0.25, -0.2) is 0 Å². The van der Waals surface area contributed by atoms with Crippen molar-refractivity contribution in [3.63, 3.8) is 0 Å². The van der Waals surface area contributed by atoms with Gasteiger partial charge in [0.25, 0.3) is 0 Å². The summed E-state index contributed by atoms with van der Waals surface area (Å²) in [6.07, 6.45) is 5.34. The van der Waals surface area contributed by atoms with E-state index < -0.39 is 0 Å². The molecule has 0 aliphatic carbocycles. The smallest absolute Gasteiger partial charge is 0.0718 e. The van der Waals surface area contributed by atoms with Gasteiger partial charge >= 0.3 is 0 Å². The van der Waals surface area contributed by atoms with Crippen LogP contribution in [0.2, 0.25) is 0 Å². The van der Waals surface area contributed by atoms with Crippen LogP contribution in [0.1, 0.15) is 18.0 Å². The molecule has 1 aromatic rings. The molecule has 4 nitrogen and oxygen atoms in total. The van der Waals surface area contributed by atoms with Crippen molar-refractivity contribution in [3.8, 4) is 0 Å². The van der Waals surface area contributed by atoms with E-state index in [4.69, 9.17) is 4.74 Å². The van der Waals surface area contributed by atoms with E-state index >= 15 is 0 Å². The van der Waals surface area contributed by atoms with Crippen LogP contribution in [0, 0.1) is 0 Å².